The van der Waals surface area contributed by atoms with Crippen LogP contribution in [0, 0.1) is 0 Å². The summed E-state index contributed by atoms with van der Waals surface area (Å²) in [6.45, 7) is 6.58. The van der Waals surface area contributed by atoms with Gasteiger partial charge < -0.3 is 14.2 Å². The van der Waals surface area contributed by atoms with Crippen LogP contribution in [0.3, 0.4) is 0 Å². The molecule has 0 aliphatic carbocycles. The smallest absolute Gasteiger partial charge is 0.306 e. The van der Waals surface area contributed by atoms with Gasteiger partial charge in [-0.3, -0.25) is 14.4 Å². The molecule has 0 unspecified atom stereocenters. The molecule has 0 spiro atoms. The molecule has 0 fully saturated rings. The lowest BCUT2D eigenvalue weighted by Crippen LogP contribution is -2.30. The monoisotopic (exact) mass is 855 g/mol. The summed E-state index contributed by atoms with van der Waals surface area (Å²) in [5.74, 6) is -0.909. The van der Waals surface area contributed by atoms with Crippen molar-refractivity contribution < 1.29 is 28.6 Å². The van der Waals surface area contributed by atoms with Crippen molar-refractivity contribution in [3.05, 3.63) is 48.6 Å². The average Bonchev–Trinajstić information content (AvgIpc) is 3.26. The highest BCUT2D eigenvalue weighted by Gasteiger charge is 2.19. The maximum Gasteiger partial charge on any atom is 0.306 e. The van der Waals surface area contributed by atoms with Crippen molar-refractivity contribution in [2.24, 2.45) is 0 Å². The highest BCUT2D eigenvalue weighted by molar-refractivity contribution is 5.71. The van der Waals surface area contributed by atoms with Crippen LogP contribution < -0.4 is 0 Å². The fourth-order valence-corrected chi connectivity index (χ4v) is 7.28. The summed E-state index contributed by atoms with van der Waals surface area (Å²) >= 11 is 0. The van der Waals surface area contributed by atoms with E-state index in [1.54, 1.807) is 0 Å². The molecule has 354 valence electrons. The van der Waals surface area contributed by atoms with Crippen molar-refractivity contribution in [1.82, 2.24) is 0 Å². The Morgan fingerprint density at radius 3 is 0.967 bits per heavy atom. The Labute approximate surface area is 378 Å². The van der Waals surface area contributed by atoms with Gasteiger partial charge >= 0.3 is 17.9 Å². The van der Waals surface area contributed by atoms with E-state index in [0.29, 0.717) is 19.3 Å². The SMILES string of the molecule is CCCCC/C=C\C/C=C\CCCCCCCC(=O)OC[C@H](COC(=O)CCCCCCC/C=C\CCCCCCCC)OC(=O)CCCCCCC/C=C\CCCCCC. The summed E-state index contributed by atoms with van der Waals surface area (Å²) in [7, 11) is 0. The van der Waals surface area contributed by atoms with E-state index < -0.39 is 6.10 Å². The van der Waals surface area contributed by atoms with Gasteiger partial charge in [0.05, 0.1) is 0 Å². The number of unbranched alkanes of at least 4 members (excludes halogenated alkanes) is 28. The van der Waals surface area contributed by atoms with E-state index in [4.69, 9.17) is 14.2 Å². The number of carbonyl (C=O) groups excluding carboxylic acids is 3. The molecule has 0 N–H and O–H groups in total. The molecule has 6 nitrogen and oxygen atoms in total. The predicted molar refractivity (Wildman–Crippen MR) is 261 cm³/mol. The molecule has 0 radical (unpaired) electrons. The van der Waals surface area contributed by atoms with E-state index in [1.807, 2.05) is 0 Å². The zero-order valence-corrected chi connectivity index (χ0v) is 40.4. The lowest BCUT2D eigenvalue weighted by molar-refractivity contribution is -0.167. The first kappa shape index (κ1) is 58.4. The van der Waals surface area contributed by atoms with Gasteiger partial charge in [-0.1, -0.05) is 191 Å². The highest BCUT2D eigenvalue weighted by atomic mass is 16.6. The van der Waals surface area contributed by atoms with Crippen molar-refractivity contribution >= 4 is 17.9 Å². The van der Waals surface area contributed by atoms with Crippen LogP contribution in [0.4, 0.5) is 0 Å². The van der Waals surface area contributed by atoms with E-state index in [2.05, 4.69) is 69.4 Å². The Balaban J connectivity index is 4.41. The fourth-order valence-electron chi connectivity index (χ4n) is 7.28. The Hall–Kier alpha value is -2.63. The number of esters is 3. The second-order valence-electron chi connectivity index (χ2n) is 17.4. The van der Waals surface area contributed by atoms with Crippen LogP contribution in [0.1, 0.15) is 265 Å². The van der Waals surface area contributed by atoms with Gasteiger partial charge in [-0.05, 0) is 103 Å². The molecular weight excluding hydrogens is 757 g/mol. The summed E-state index contributed by atoms with van der Waals surface area (Å²) in [4.78, 5) is 38.0. The average molecular weight is 855 g/mol. The number of hydrogen-bond acceptors (Lipinski definition) is 6. The first-order chi connectivity index (χ1) is 30.0. The summed E-state index contributed by atoms with van der Waals surface area (Å²) in [6.07, 6.45) is 59.4. The number of ether oxygens (including phenoxy) is 3. The molecule has 0 saturated carbocycles. The first-order valence-electron chi connectivity index (χ1n) is 26.1. The van der Waals surface area contributed by atoms with Crippen molar-refractivity contribution in [1.29, 1.82) is 0 Å². The predicted octanol–water partition coefficient (Wildman–Crippen LogP) is 17.1. The molecule has 0 aliphatic heterocycles. The first-order valence-corrected chi connectivity index (χ1v) is 26.1. The minimum Gasteiger partial charge on any atom is -0.462 e. The molecule has 0 aromatic rings. The largest absolute Gasteiger partial charge is 0.462 e. The summed E-state index contributed by atoms with van der Waals surface area (Å²) < 4.78 is 16.8. The molecular formula is C55H98O6. The zero-order valence-electron chi connectivity index (χ0n) is 40.4. The van der Waals surface area contributed by atoms with Crippen LogP contribution in [-0.2, 0) is 28.6 Å². The second-order valence-corrected chi connectivity index (χ2v) is 17.4. The minimum atomic E-state index is -0.784. The van der Waals surface area contributed by atoms with E-state index in [9.17, 15) is 14.4 Å². The third-order valence-electron chi connectivity index (χ3n) is 11.3. The topological polar surface area (TPSA) is 78.9 Å². The molecule has 6 heteroatoms. The molecule has 0 amide bonds. The van der Waals surface area contributed by atoms with Gasteiger partial charge in [0.15, 0.2) is 6.10 Å². The Kier molecular flexibility index (Phi) is 47.9. The molecule has 0 heterocycles. The summed E-state index contributed by atoms with van der Waals surface area (Å²) in [5, 5.41) is 0. The molecule has 1 atom stereocenters. The van der Waals surface area contributed by atoms with E-state index in [0.717, 1.165) is 96.3 Å². The summed E-state index contributed by atoms with van der Waals surface area (Å²) in [6, 6.07) is 0. The number of allylic oxidation sites excluding steroid dienone is 8. The Morgan fingerprint density at radius 2 is 0.590 bits per heavy atom. The molecule has 0 saturated heterocycles. The number of hydrogen-bond donors (Lipinski definition) is 0. The van der Waals surface area contributed by atoms with Crippen molar-refractivity contribution in [2.75, 3.05) is 13.2 Å². The third kappa shape index (κ3) is 48.3. The lowest BCUT2D eigenvalue weighted by atomic mass is 10.1. The lowest BCUT2D eigenvalue weighted by Gasteiger charge is -2.18. The van der Waals surface area contributed by atoms with Crippen LogP contribution in [0.25, 0.3) is 0 Å². The van der Waals surface area contributed by atoms with E-state index in [-0.39, 0.29) is 31.1 Å². The van der Waals surface area contributed by atoms with Gasteiger partial charge in [-0.15, -0.1) is 0 Å². The maximum absolute atomic E-state index is 12.8. The molecule has 0 aliphatic rings. The molecule has 0 aromatic carbocycles. The van der Waals surface area contributed by atoms with Gasteiger partial charge in [0, 0.05) is 19.3 Å². The normalized spacial score (nSPS) is 12.4. The van der Waals surface area contributed by atoms with E-state index in [1.165, 1.54) is 128 Å². The van der Waals surface area contributed by atoms with Gasteiger partial charge in [0.25, 0.3) is 0 Å². The van der Waals surface area contributed by atoms with Crippen LogP contribution in [0.2, 0.25) is 0 Å². The second kappa shape index (κ2) is 50.0. The van der Waals surface area contributed by atoms with Crippen molar-refractivity contribution in [2.45, 2.75) is 271 Å². The van der Waals surface area contributed by atoms with Gasteiger partial charge in [0.2, 0.25) is 0 Å². The van der Waals surface area contributed by atoms with Gasteiger partial charge in [-0.25, -0.2) is 0 Å². The van der Waals surface area contributed by atoms with E-state index >= 15 is 0 Å². The fraction of sp³-hybridized carbons (Fsp3) is 0.800. The number of carbonyl (C=O) groups is 3. The molecule has 0 bridgehead atoms. The van der Waals surface area contributed by atoms with Gasteiger partial charge in [0.1, 0.15) is 13.2 Å². The van der Waals surface area contributed by atoms with Crippen LogP contribution >= 0.6 is 0 Å². The standard InChI is InChI=1S/C55H98O6/c1-4-7-10-13-16-19-22-25-27-30-32-35-38-41-44-47-53(56)59-50-52(61-55(58)49-46-43-40-37-34-29-24-21-18-15-12-9-6-3)51-60-54(57)48-45-42-39-36-33-31-28-26-23-20-17-14-11-8-5-2/h16,19,21,24-28,52H,4-15,17-18,20,22-23,29-51H2,1-3H3/b19-16-,24-21-,27-25-,28-26-/t52-/m1/s1. The van der Waals surface area contributed by atoms with Crippen LogP contribution in [0.15, 0.2) is 48.6 Å². The summed E-state index contributed by atoms with van der Waals surface area (Å²) in [5.41, 5.74) is 0. The molecule has 0 rings (SSSR count). The zero-order chi connectivity index (χ0) is 44.4. The quantitative estimate of drug-likeness (QED) is 0.0263. The molecule has 61 heavy (non-hydrogen) atoms. The van der Waals surface area contributed by atoms with Gasteiger partial charge in [-0.2, -0.15) is 0 Å². The van der Waals surface area contributed by atoms with Crippen LogP contribution in [0.5, 0.6) is 0 Å². The minimum absolute atomic E-state index is 0.0846. The maximum atomic E-state index is 12.8. The van der Waals surface area contributed by atoms with Crippen LogP contribution in [-0.4, -0.2) is 37.2 Å². The Morgan fingerprint density at radius 1 is 0.328 bits per heavy atom. The Bertz CT molecular complexity index is 1070. The highest BCUT2D eigenvalue weighted by Crippen LogP contribution is 2.14. The van der Waals surface area contributed by atoms with Crippen molar-refractivity contribution in [3.63, 3.8) is 0 Å². The molecule has 0 aromatic heterocycles. The third-order valence-corrected chi connectivity index (χ3v) is 11.3. The van der Waals surface area contributed by atoms with Crippen molar-refractivity contribution in [3.8, 4) is 0 Å². The number of rotatable bonds is 47.